The van der Waals surface area contributed by atoms with Gasteiger partial charge in [-0.1, -0.05) is 78.9 Å². The Kier molecular flexibility index (Phi) is 16.1. The Hall–Kier alpha value is -6.25. The highest BCUT2D eigenvalue weighted by molar-refractivity contribution is 5.95. The summed E-state index contributed by atoms with van der Waals surface area (Å²) in [4.78, 5) is 19.1. The van der Waals surface area contributed by atoms with Crippen LogP contribution in [0.25, 0.3) is 21.5 Å². The third kappa shape index (κ3) is 11.6. The van der Waals surface area contributed by atoms with Crippen molar-refractivity contribution in [3.05, 3.63) is 131 Å². The first kappa shape index (κ1) is 47.7. The lowest BCUT2D eigenvalue weighted by atomic mass is 9.85. The molecule has 0 aliphatic carbocycles. The van der Waals surface area contributed by atoms with Gasteiger partial charge in [-0.2, -0.15) is 0 Å². The van der Waals surface area contributed by atoms with Crippen LogP contribution in [0, 0.1) is 0 Å². The van der Waals surface area contributed by atoms with E-state index in [1.807, 2.05) is 109 Å². The fourth-order valence-corrected chi connectivity index (χ4v) is 8.44. The van der Waals surface area contributed by atoms with Gasteiger partial charge in [0.05, 0.1) is 93.9 Å². The molecule has 1 aliphatic heterocycles. The summed E-state index contributed by atoms with van der Waals surface area (Å²) in [5.41, 5.74) is 2.75. The number of methoxy groups -OCH3 is 5. The van der Waals surface area contributed by atoms with E-state index in [9.17, 15) is 4.79 Å². The number of fused-ring (bicyclic) bond motifs is 2. The van der Waals surface area contributed by atoms with Crippen LogP contribution in [-0.4, -0.2) is 90.9 Å². The summed E-state index contributed by atoms with van der Waals surface area (Å²) < 4.78 is 60.7. The zero-order chi connectivity index (χ0) is 46.6. The smallest absolute Gasteiger partial charge is 0.496 e. The fraction of sp³-hybridized carbons (Fsp3) is 0.377. The van der Waals surface area contributed by atoms with Crippen LogP contribution < -0.4 is 28.4 Å². The summed E-state index contributed by atoms with van der Waals surface area (Å²) in [5.74, 6) is 3.90. The Morgan fingerprint density at radius 3 is 1.61 bits per heavy atom. The topological polar surface area (TPSA) is 122 Å². The van der Waals surface area contributed by atoms with Gasteiger partial charge in [-0.05, 0) is 56.7 Å². The first-order valence-electron chi connectivity index (χ1n) is 22.1. The molecule has 3 atom stereocenters. The second kappa shape index (κ2) is 22.3. The van der Waals surface area contributed by atoms with Crippen LogP contribution >= 0.6 is 0 Å². The molecule has 0 amide bonds. The van der Waals surface area contributed by atoms with E-state index in [2.05, 4.69) is 0 Å². The van der Waals surface area contributed by atoms with Gasteiger partial charge in [-0.3, -0.25) is 0 Å². The monoisotopic (exact) mass is 903 g/mol. The Morgan fingerprint density at radius 1 is 0.576 bits per heavy atom. The van der Waals surface area contributed by atoms with Crippen LogP contribution in [0.2, 0.25) is 0 Å². The number of ether oxygens (including phenoxy) is 10. The van der Waals surface area contributed by atoms with Gasteiger partial charge in [0.15, 0.2) is 0 Å². The van der Waals surface area contributed by atoms with E-state index in [4.69, 9.17) is 52.2 Å². The van der Waals surface area contributed by atoms with Crippen molar-refractivity contribution in [2.75, 3.05) is 61.9 Å². The molecule has 0 unspecified atom stereocenters. The van der Waals surface area contributed by atoms with Gasteiger partial charge < -0.3 is 52.2 Å². The van der Waals surface area contributed by atoms with Gasteiger partial charge in [0, 0.05) is 50.6 Å². The molecule has 0 bridgehead atoms. The molecule has 13 nitrogen and oxygen atoms in total. The van der Waals surface area contributed by atoms with Crippen molar-refractivity contribution in [3.63, 3.8) is 0 Å². The maximum Gasteiger partial charge on any atom is 0.528 e. The average molecular weight is 904 g/mol. The van der Waals surface area contributed by atoms with Crippen molar-refractivity contribution in [3.8, 4) is 34.5 Å². The summed E-state index contributed by atoms with van der Waals surface area (Å²) in [6.45, 7) is 7.53. The number of carbonyl (C=O) groups excluding carboxylic acids is 1. The van der Waals surface area contributed by atoms with Crippen molar-refractivity contribution in [1.82, 2.24) is 5.06 Å². The number of hydroxylamine groups is 2. The lowest BCUT2D eigenvalue weighted by molar-refractivity contribution is -0.209. The minimum atomic E-state index is -0.827. The molecule has 66 heavy (non-hydrogen) atoms. The number of carbonyl (C=O) groups is 1. The third-order valence-corrected chi connectivity index (χ3v) is 11.4. The van der Waals surface area contributed by atoms with Gasteiger partial charge in [-0.15, -0.1) is 5.06 Å². The van der Waals surface area contributed by atoms with Crippen molar-refractivity contribution < 1.29 is 57.0 Å². The molecule has 0 N–H and O–H groups in total. The van der Waals surface area contributed by atoms with Crippen LogP contribution in [0.3, 0.4) is 0 Å². The Balaban J connectivity index is 1.17. The third-order valence-electron chi connectivity index (χ3n) is 11.4. The molecule has 7 rings (SSSR count). The quantitative estimate of drug-likeness (QED) is 0.0534. The van der Waals surface area contributed by atoms with E-state index in [1.165, 1.54) is 0 Å². The number of hydrogen-bond donors (Lipinski definition) is 0. The second-order valence-corrected chi connectivity index (χ2v) is 16.9. The zero-order valence-electron chi connectivity index (χ0n) is 39.1. The number of hydrogen-bond acceptors (Lipinski definition) is 13. The lowest BCUT2D eigenvalue weighted by Crippen LogP contribution is -2.53. The predicted molar refractivity (Wildman–Crippen MR) is 252 cm³/mol. The van der Waals surface area contributed by atoms with Crippen LogP contribution in [0.1, 0.15) is 55.4 Å². The average Bonchev–Trinajstić information content (AvgIpc) is 3.32. The molecule has 0 radical (unpaired) electrons. The van der Waals surface area contributed by atoms with Crippen LogP contribution in [0.5, 0.6) is 34.5 Å². The molecule has 1 aliphatic rings. The molecular weight excluding hydrogens is 843 g/mol. The lowest BCUT2D eigenvalue weighted by Gasteiger charge is -2.42. The normalized spacial score (nSPS) is 16.5. The molecule has 350 valence electrons. The molecule has 0 aromatic heterocycles. The maximum absolute atomic E-state index is 13.2. The van der Waals surface area contributed by atoms with Gasteiger partial charge in [0.1, 0.15) is 40.1 Å². The molecule has 1 saturated heterocycles. The standard InChI is InChI=1S/C53H61NO12/c1-53(2,3)65-52(55)66-54-30-47(63-33-37-28-45(57-5)40-17-10-12-19-42(40)50(37)59-7)49(48(31-54)64-34-38-29-46(58-6)41-18-11-13-20-43(41)51(38)60-8)35-22-24-39(25-23-35)62-27-15-26-61-32-36-16-9-14-21-44(36)56-4/h9-14,16-25,28-29,47-49H,15,26-27,30-34H2,1-8H3/t47-,48+,49-. The first-order chi connectivity index (χ1) is 32.0. The van der Waals surface area contributed by atoms with E-state index in [0.29, 0.717) is 55.0 Å². The first-order valence-corrected chi connectivity index (χ1v) is 22.1. The minimum Gasteiger partial charge on any atom is -0.496 e. The van der Waals surface area contributed by atoms with E-state index in [-0.39, 0.29) is 32.2 Å². The largest absolute Gasteiger partial charge is 0.528 e. The van der Waals surface area contributed by atoms with E-state index >= 15 is 0 Å². The van der Waals surface area contributed by atoms with Crippen LogP contribution in [0.4, 0.5) is 4.79 Å². The highest BCUT2D eigenvalue weighted by atomic mass is 16.8. The highest BCUT2D eigenvalue weighted by Crippen LogP contribution is 2.41. The Morgan fingerprint density at radius 2 is 1.09 bits per heavy atom. The number of para-hydroxylation sites is 1. The Bertz CT molecular complexity index is 2430. The van der Waals surface area contributed by atoms with Crippen molar-refractivity contribution >= 4 is 27.7 Å². The van der Waals surface area contributed by atoms with Gasteiger partial charge in [-0.25, -0.2) is 4.79 Å². The summed E-state index contributed by atoms with van der Waals surface area (Å²) in [6.07, 6.45) is -1.28. The number of piperidine rings is 1. The van der Waals surface area contributed by atoms with Gasteiger partial charge in [0.2, 0.25) is 0 Å². The second-order valence-electron chi connectivity index (χ2n) is 16.9. The fourth-order valence-electron chi connectivity index (χ4n) is 8.44. The van der Waals surface area contributed by atoms with E-state index in [1.54, 1.807) is 61.4 Å². The predicted octanol–water partition coefficient (Wildman–Crippen LogP) is 10.5. The molecular formula is C53H61NO12. The van der Waals surface area contributed by atoms with Crippen LogP contribution in [-0.2, 0) is 43.6 Å². The summed E-state index contributed by atoms with van der Waals surface area (Å²) in [5, 5.41) is 5.19. The van der Waals surface area contributed by atoms with Crippen molar-refractivity contribution in [1.29, 1.82) is 0 Å². The molecule has 6 aromatic carbocycles. The molecule has 1 heterocycles. The van der Waals surface area contributed by atoms with Gasteiger partial charge >= 0.3 is 6.16 Å². The number of nitrogens with zero attached hydrogens (tertiary/aromatic N) is 1. The van der Waals surface area contributed by atoms with Gasteiger partial charge in [0.25, 0.3) is 0 Å². The SMILES string of the molecule is COc1ccccc1COCCCOc1ccc([C@H]2[C@@H](OCc3cc(OC)c4ccccc4c3OC)CN(OC(=O)OC(C)(C)C)C[C@H]2OCc2cc(OC)c3ccccc3c2OC)cc1. The molecule has 6 aromatic rings. The van der Waals surface area contributed by atoms with Crippen molar-refractivity contribution in [2.24, 2.45) is 0 Å². The molecule has 13 heteroatoms. The van der Waals surface area contributed by atoms with Crippen molar-refractivity contribution in [2.45, 2.75) is 70.7 Å². The zero-order valence-corrected chi connectivity index (χ0v) is 39.1. The van der Waals surface area contributed by atoms with E-state index in [0.717, 1.165) is 49.5 Å². The Labute approximate surface area is 387 Å². The number of rotatable bonds is 20. The van der Waals surface area contributed by atoms with E-state index < -0.39 is 24.0 Å². The van der Waals surface area contributed by atoms with Crippen LogP contribution in [0.15, 0.2) is 109 Å². The maximum atomic E-state index is 13.2. The molecule has 0 saturated carbocycles. The molecule has 1 fully saturated rings. The molecule has 0 spiro atoms. The minimum absolute atomic E-state index is 0.147. The summed E-state index contributed by atoms with van der Waals surface area (Å²) in [7, 11) is 8.25. The number of benzene rings is 6. The highest BCUT2D eigenvalue weighted by Gasteiger charge is 2.42. The summed E-state index contributed by atoms with van der Waals surface area (Å²) >= 11 is 0. The summed E-state index contributed by atoms with van der Waals surface area (Å²) in [6, 6.07) is 35.5.